The molecule has 0 saturated carbocycles. The first kappa shape index (κ1) is 13.6. The first-order valence-electron chi connectivity index (χ1n) is 6.19. The average Bonchev–Trinajstić information content (AvgIpc) is 2.87. The van der Waals surface area contributed by atoms with Crippen LogP contribution in [-0.4, -0.2) is 36.7 Å². The van der Waals surface area contributed by atoms with Crippen molar-refractivity contribution >= 4 is 11.9 Å². The number of carbonyl (C=O) groups excluding carboxylic acids is 1. The predicted molar refractivity (Wildman–Crippen MR) is 66.2 cm³/mol. The van der Waals surface area contributed by atoms with Crippen LogP contribution in [0.5, 0.6) is 0 Å². The fraction of sp³-hybridized carbons (Fsp3) is 0.538. The Morgan fingerprint density at radius 2 is 1.95 bits per heavy atom. The maximum Gasteiger partial charge on any atom is 0.371 e. The van der Waals surface area contributed by atoms with Crippen LogP contribution < -0.4 is 5.32 Å². The molecular formula is C13H17NO5. The van der Waals surface area contributed by atoms with Gasteiger partial charge in [0.1, 0.15) is 0 Å². The lowest BCUT2D eigenvalue weighted by Crippen LogP contribution is -2.39. The van der Waals surface area contributed by atoms with E-state index in [1.807, 2.05) is 0 Å². The summed E-state index contributed by atoms with van der Waals surface area (Å²) in [5.41, 5.74) is 0.0239. The molecule has 2 heterocycles. The number of hydrogen-bond donors (Lipinski definition) is 2. The highest BCUT2D eigenvalue weighted by molar-refractivity contribution is 5.93. The SMILES string of the molecule is CC1(CNC(=O)c2ccc(C(=O)O)o2)CCOCC1. The summed E-state index contributed by atoms with van der Waals surface area (Å²) in [5, 5.41) is 11.5. The summed E-state index contributed by atoms with van der Waals surface area (Å²) in [6.07, 6.45) is 1.79. The number of rotatable bonds is 4. The third kappa shape index (κ3) is 3.35. The maximum absolute atomic E-state index is 11.8. The lowest BCUT2D eigenvalue weighted by atomic mass is 9.82. The van der Waals surface area contributed by atoms with Gasteiger partial charge in [-0.3, -0.25) is 4.79 Å². The van der Waals surface area contributed by atoms with E-state index < -0.39 is 5.97 Å². The molecule has 0 radical (unpaired) electrons. The summed E-state index contributed by atoms with van der Waals surface area (Å²) >= 11 is 0. The van der Waals surface area contributed by atoms with E-state index in [1.165, 1.54) is 12.1 Å². The molecule has 1 saturated heterocycles. The average molecular weight is 267 g/mol. The highest BCUT2D eigenvalue weighted by Crippen LogP contribution is 2.28. The van der Waals surface area contributed by atoms with Crippen LogP contribution in [0.3, 0.4) is 0 Å². The van der Waals surface area contributed by atoms with Crippen LogP contribution in [-0.2, 0) is 4.74 Å². The Morgan fingerprint density at radius 1 is 1.32 bits per heavy atom. The van der Waals surface area contributed by atoms with Crippen molar-refractivity contribution < 1.29 is 23.8 Å². The highest BCUT2D eigenvalue weighted by Gasteiger charge is 2.28. The molecule has 0 spiro atoms. The summed E-state index contributed by atoms with van der Waals surface area (Å²) in [6.45, 7) is 4.03. The Bertz CT molecular complexity index is 473. The minimum atomic E-state index is -1.18. The lowest BCUT2D eigenvalue weighted by Gasteiger charge is -2.33. The Hall–Kier alpha value is -1.82. The Morgan fingerprint density at radius 3 is 2.53 bits per heavy atom. The number of hydrogen-bond acceptors (Lipinski definition) is 4. The standard InChI is InChI=1S/C13H17NO5/c1-13(4-6-18-7-5-13)8-14-11(15)9-2-3-10(19-9)12(16)17/h2-3H,4-8H2,1H3,(H,14,15)(H,16,17). The van der Waals surface area contributed by atoms with E-state index in [1.54, 1.807) is 0 Å². The summed E-state index contributed by atoms with van der Waals surface area (Å²) in [5.74, 6) is -1.79. The van der Waals surface area contributed by atoms with Crippen molar-refractivity contribution in [3.63, 3.8) is 0 Å². The van der Waals surface area contributed by atoms with Gasteiger partial charge in [-0.1, -0.05) is 6.92 Å². The van der Waals surface area contributed by atoms with Gasteiger partial charge in [-0.05, 0) is 30.4 Å². The number of ether oxygens (including phenoxy) is 1. The Kier molecular flexibility index (Phi) is 3.90. The molecule has 1 fully saturated rings. The number of nitrogens with one attached hydrogen (secondary N) is 1. The fourth-order valence-electron chi connectivity index (χ4n) is 2.00. The number of furan rings is 1. The van der Waals surface area contributed by atoms with Gasteiger partial charge >= 0.3 is 5.97 Å². The van der Waals surface area contributed by atoms with Gasteiger partial charge in [0.25, 0.3) is 5.91 Å². The number of carboxylic acid groups (broad SMARTS) is 1. The van der Waals surface area contributed by atoms with Crippen molar-refractivity contribution in [3.05, 3.63) is 23.7 Å². The molecule has 6 nitrogen and oxygen atoms in total. The van der Waals surface area contributed by atoms with Gasteiger partial charge in [0, 0.05) is 19.8 Å². The first-order valence-corrected chi connectivity index (χ1v) is 6.19. The molecule has 0 aromatic carbocycles. The molecule has 2 N–H and O–H groups in total. The zero-order valence-corrected chi connectivity index (χ0v) is 10.8. The third-order valence-corrected chi connectivity index (χ3v) is 3.42. The second kappa shape index (κ2) is 5.44. The van der Waals surface area contributed by atoms with Gasteiger partial charge in [0.15, 0.2) is 5.76 Å². The quantitative estimate of drug-likeness (QED) is 0.863. The second-order valence-electron chi connectivity index (χ2n) is 5.07. The van der Waals surface area contributed by atoms with Crippen LogP contribution in [0.15, 0.2) is 16.5 Å². The van der Waals surface area contributed by atoms with Gasteiger partial charge in [-0.25, -0.2) is 4.79 Å². The van der Waals surface area contributed by atoms with Crippen molar-refractivity contribution in [1.29, 1.82) is 0 Å². The van der Waals surface area contributed by atoms with E-state index in [-0.39, 0.29) is 22.8 Å². The number of amides is 1. The summed E-state index contributed by atoms with van der Waals surface area (Å²) < 4.78 is 10.2. The molecule has 0 bridgehead atoms. The molecule has 2 rings (SSSR count). The molecule has 6 heteroatoms. The smallest absolute Gasteiger partial charge is 0.371 e. The zero-order valence-electron chi connectivity index (χ0n) is 10.8. The van der Waals surface area contributed by atoms with E-state index >= 15 is 0 Å². The number of aromatic carboxylic acids is 1. The Balaban J connectivity index is 1.91. The highest BCUT2D eigenvalue weighted by atomic mass is 16.5. The molecule has 0 aliphatic carbocycles. The van der Waals surface area contributed by atoms with Crippen LogP contribution in [0.4, 0.5) is 0 Å². The fourth-order valence-corrected chi connectivity index (χ4v) is 2.00. The van der Waals surface area contributed by atoms with Crippen molar-refractivity contribution in [3.8, 4) is 0 Å². The van der Waals surface area contributed by atoms with Crippen molar-refractivity contribution in [2.45, 2.75) is 19.8 Å². The molecule has 104 valence electrons. The summed E-state index contributed by atoms with van der Waals surface area (Å²) in [7, 11) is 0. The third-order valence-electron chi connectivity index (χ3n) is 3.42. The lowest BCUT2D eigenvalue weighted by molar-refractivity contribution is 0.0236. The topological polar surface area (TPSA) is 88.8 Å². The van der Waals surface area contributed by atoms with E-state index in [0.29, 0.717) is 19.8 Å². The predicted octanol–water partition coefficient (Wildman–Crippen LogP) is 1.52. The molecule has 1 aliphatic heterocycles. The van der Waals surface area contributed by atoms with Crippen LogP contribution in [0.1, 0.15) is 40.9 Å². The normalized spacial score (nSPS) is 17.9. The molecule has 1 aromatic heterocycles. The van der Waals surface area contributed by atoms with Crippen LogP contribution in [0.2, 0.25) is 0 Å². The first-order chi connectivity index (χ1) is 9.00. The van der Waals surface area contributed by atoms with Crippen molar-refractivity contribution in [2.24, 2.45) is 5.41 Å². The van der Waals surface area contributed by atoms with E-state index in [0.717, 1.165) is 12.8 Å². The van der Waals surface area contributed by atoms with Gasteiger partial charge in [0.05, 0.1) is 0 Å². The van der Waals surface area contributed by atoms with Gasteiger partial charge in [-0.15, -0.1) is 0 Å². The van der Waals surface area contributed by atoms with Gasteiger partial charge in [0.2, 0.25) is 5.76 Å². The minimum absolute atomic E-state index is 0.0214. The number of carboxylic acids is 1. The monoisotopic (exact) mass is 267 g/mol. The molecule has 1 amide bonds. The Labute approximate surface area is 110 Å². The molecule has 0 atom stereocenters. The molecule has 0 unspecified atom stereocenters. The van der Waals surface area contributed by atoms with Crippen molar-refractivity contribution in [1.82, 2.24) is 5.32 Å². The van der Waals surface area contributed by atoms with Gasteiger partial charge < -0.3 is 19.6 Å². The molecule has 1 aliphatic rings. The van der Waals surface area contributed by atoms with Crippen LogP contribution in [0, 0.1) is 5.41 Å². The van der Waals surface area contributed by atoms with Crippen molar-refractivity contribution in [2.75, 3.05) is 19.8 Å². The molecular weight excluding hydrogens is 250 g/mol. The van der Waals surface area contributed by atoms with E-state index in [9.17, 15) is 9.59 Å². The maximum atomic E-state index is 11.8. The molecule has 1 aromatic rings. The van der Waals surface area contributed by atoms with Crippen LogP contribution in [0.25, 0.3) is 0 Å². The molecule has 19 heavy (non-hydrogen) atoms. The van der Waals surface area contributed by atoms with Gasteiger partial charge in [-0.2, -0.15) is 0 Å². The minimum Gasteiger partial charge on any atom is -0.475 e. The van der Waals surface area contributed by atoms with E-state index in [4.69, 9.17) is 14.3 Å². The van der Waals surface area contributed by atoms with E-state index in [2.05, 4.69) is 12.2 Å². The summed E-state index contributed by atoms with van der Waals surface area (Å²) in [6, 6.07) is 2.64. The largest absolute Gasteiger partial charge is 0.475 e. The zero-order chi connectivity index (χ0) is 13.9. The number of carbonyl (C=O) groups is 2. The van der Waals surface area contributed by atoms with Crippen LogP contribution >= 0.6 is 0 Å². The second-order valence-corrected chi connectivity index (χ2v) is 5.07. The summed E-state index contributed by atoms with van der Waals surface area (Å²) in [4.78, 5) is 22.5.